The Hall–Kier alpha value is -4.20. The molecule has 4 aromatic rings. The van der Waals surface area contributed by atoms with Crippen LogP contribution >= 0.6 is 23.2 Å². The van der Waals surface area contributed by atoms with E-state index >= 15 is 0 Å². The van der Waals surface area contributed by atoms with Crippen molar-refractivity contribution >= 4 is 41.0 Å². The molecule has 3 aromatic carbocycles. The van der Waals surface area contributed by atoms with Crippen molar-refractivity contribution in [3.8, 4) is 11.1 Å². The summed E-state index contributed by atoms with van der Waals surface area (Å²) in [5.41, 5.74) is 4.43. The van der Waals surface area contributed by atoms with Crippen LogP contribution in [0.2, 0.25) is 10.0 Å². The first-order valence-electron chi connectivity index (χ1n) is 13.5. The van der Waals surface area contributed by atoms with Crippen molar-refractivity contribution in [1.82, 2.24) is 14.8 Å². The Bertz CT molecular complexity index is 1610. The number of benzene rings is 3. The van der Waals surface area contributed by atoms with E-state index in [1.165, 1.54) is 4.90 Å². The van der Waals surface area contributed by atoms with Crippen molar-refractivity contribution in [2.24, 2.45) is 0 Å². The SMILES string of the molecule is Cc1cccc(CN(C)C(=O)c2ccccc2-c2ccccc2C(=O)N(CCC(=O)O)CCc2ccc(Cl)cc2Cl)n1. The predicted octanol–water partition coefficient (Wildman–Crippen LogP) is 6.80. The van der Waals surface area contributed by atoms with Gasteiger partial charge in [-0.3, -0.25) is 19.4 Å². The van der Waals surface area contributed by atoms with Gasteiger partial charge in [0.1, 0.15) is 0 Å². The topological polar surface area (TPSA) is 90.8 Å². The number of nitrogens with zero attached hydrogens (tertiary/aromatic N) is 3. The number of rotatable bonds is 11. The highest BCUT2D eigenvalue weighted by Gasteiger charge is 2.24. The van der Waals surface area contributed by atoms with Gasteiger partial charge in [0.05, 0.1) is 18.7 Å². The van der Waals surface area contributed by atoms with Gasteiger partial charge < -0.3 is 14.9 Å². The molecule has 0 atom stereocenters. The predicted molar refractivity (Wildman–Crippen MR) is 165 cm³/mol. The van der Waals surface area contributed by atoms with E-state index in [4.69, 9.17) is 23.2 Å². The molecule has 1 heterocycles. The van der Waals surface area contributed by atoms with Gasteiger partial charge in [0.2, 0.25) is 0 Å². The van der Waals surface area contributed by atoms with Gasteiger partial charge in [-0.15, -0.1) is 0 Å². The molecule has 0 spiro atoms. The summed E-state index contributed by atoms with van der Waals surface area (Å²) in [6, 6.07) is 25.1. The number of carboxylic acid groups (broad SMARTS) is 1. The number of hydrogen-bond donors (Lipinski definition) is 1. The fourth-order valence-corrected chi connectivity index (χ4v) is 5.22. The summed E-state index contributed by atoms with van der Waals surface area (Å²) in [5, 5.41) is 10.3. The van der Waals surface area contributed by atoms with Crippen molar-refractivity contribution in [3.63, 3.8) is 0 Å². The van der Waals surface area contributed by atoms with E-state index in [2.05, 4.69) is 4.98 Å². The van der Waals surface area contributed by atoms with Crippen molar-refractivity contribution in [2.45, 2.75) is 26.3 Å². The monoisotopic (exact) mass is 603 g/mol. The maximum absolute atomic E-state index is 14.0. The number of aliphatic carboxylic acids is 1. The van der Waals surface area contributed by atoms with Crippen LogP contribution in [-0.4, -0.2) is 57.8 Å². The molecule has 0 aliphatic heterocycles. The van der Waals surface area contributed by atoms with E-state index in [0.29, 0.717) is 45.3 Å². The molecule has 0 fully saturated rings. The molecule has 216 valence electrons. The Morgan fingerprint density at radius 1 is 0.810 bits per heavy atom. The van der Waals surface area contributed by atoms with Crippen LogP contribution in [0.5, 0.6) is 0 Å². The molecule has 0 saturated heterocycles. The van der Waals surface area contributed by atoms with Gasteiger partial charge in [0.25, 0.3) is 11.8 Å². The fraction of sp³-hybridized carbons (Fsp3) is 0.212. The number of aryl methyl sites for hydroxylation is 1. The smallest absolute Gasteiger partial charge is 0.305 e. The van der Waals surface area contributed by atoms with E-state index in [1.54, 1.807) is 60.5 Å². The first kappa shape index (κ1) is 30.8. The molecule has 2 amide bonds. The second-order valence-corrected chi connectivity index (χ2v) is 10.8. The Balaban J connectivity index is 1.64. The molecule has 0 aliphatic carbocycles. The Morgan fingerprint density at radius 2 is 1.45 bits per heavy atom. The van der Waals surface area contributed by atoms with Crippen LogP contribution in [0.1, 0.15) is 44.1 Å². The van der Waals surface area contributed by atoms with E-state index in [0.717, 1.165) is 17.0 Å². The van der Waals surface area contributed by atoms with Gasteiger partial charge in [0.15, 0.2) is 0 Å². The highest BCUT2D eigenvalue weighted by Crippen LogP contribution is 2.30. The van der Waals surface area contributed by atoms with E-state index < -0.39 is 5.97 Å². The normalized spacial score (nSPS) is 10.8. The zero-order valence-corrected chi connectivity index (χ0v) is 24.9. The van der Waals surface area contributed by atoms with Crippen LogP contribution in [0.4, 0.5) is 0 Å². The first-order valence-corrected chi connectivity index (χ1v) is 14.2. The van der Waals surface area contributed by atoms with Crippen LogP contribution < -0.4 is 0 Å². The molecule has 42 heavy (non-hydrogen) atoms. The minimum atomic E-state index is -1.01. The lowest BCUT2D eigenvalue weighted by molar-refractivity contribution is -0.137. The van der Waals surface area contributed by atoms with Crippen LogP contribution in [-0.2, 0) is 17.8 Å². The number of amides is 2. The lowest BCUT2D eigenvalue weighted by atomic mass is 9.94. The van der Waals surface area contributed by atoms with Gasteiger partial charge in [-0.25, -0.2) is 0 Å². The van der Waals surface area contributed by atoms with Crippen LogP contribution in [0, 0.1) is 6.92 Å². The molecule has 7 nitrogen and oxygen atoms in total. The Kier molecular flexibility index (Phi) is 10.3. The molecule has 9 heteroatoms. The number of halogens is 2. The van der Waals surface area contributed by atoms with Gasteiger partial charge in [-0.2, -0.15) is 0 Å². The summed E-state index contributed by atoms with van der Waals surface area (Å²) >= 11 is 12.4. The average Bonchev–Trinajstić information content (AvgIpc) is 2.97. The van der Waals surface area contributed by atoms with E-state index in [1.807, 2.05) is 43.3 Å². The largest absolute Gasteiger partial charge is 0.481 e. The lowest BCUT2D eigenvalue weighted by Gasteiger charge is -2.24. The third kappa shape index (κ3) is 7.75. The summed E-state index contributed by atoms with van der Waals surface area (Å²) in [6.07, 6.45) is 0.200. The van der Waals surface area contributed by atoms with Gasteiger partial charge in [-0.05, 0) is 66.4 Å². The maximum atomic E-state index is 14.0. The second-order valence-electron chi connectivity index (χ2n) is 9.94. The molecule has 1 N–H and O–H groups in total. The minimum absolute atomic E-state index is 0.0144. The van der Waals surface area contributed by atoms with Crippen LogP contribution in [0.3, 0.4) is 0 Å². The van der Waals surface area contributed by atoms with E-state index in [-0.39, 0.29) is 31.3 Å². The van der Waals surface area contributed by atoms with Gasteiger partial charge in [0, 0.05) is 47.0 Å². The number of hydrogen-bond acceptors (Lipinski definition) is 4. The van der Waals surface area contributed by atoms with Crippen molar-refractivity contribution in [2.75, 3.05) is 20.1 Å². The standard InChI is InChI=1S/C33H31Cl2N3O4/c1-22-8-7-9-25(36-22)21-37(2)32(41)28-12-5-3-10-26(28)27-11-4-6-13-29(27)33(42)38(19-17-31(39)40)18-16-23-14-15-24(34)20-30(23)35/h3-15,20H,16-19,21H2,1-2H3,(H,39,40). The maximum Gasteiger partial charge on any atom is 0.305 e. The summed E-state index contributed by atoms with van der Waals surface area (Å²) in [6.45, 7) is 2.49. The molecule has 0 bridgehead atoms. The number of carboxylic acids is 1. The van der Waals surface area contributed by atoms with Crippen molar-refractivity contribution in [1.29, 1.82) is 0 Å². The lowest BCUT2D eigenvalue weighted by Crippen LogP contribution is -2.35. The first-order chi connectivity index (χ1) is 20.1. The number of pyridine rings is 1. The van der Waals surface area contributed by atoms with Crippen LogP contribution in [0.15, 0.2) is 84.9 Å². The number of carbonyl (C=O) groups is 3. The fourth-order valence-electron chi connectivity index (χ4n) is 4.71. The summed E-state index contributed by atoms with van der Waals surface area (Å²) in [4.78, 5) is 46.7. The van der Waals surface area contributed by atoms with Crippen LogP contribution in [0.25, 0.3) is 11.1 Å². The number of aromatic nitrogens is 1. The number of carbonyl (C=O) groups excluding carboxylic acids is 2. The third-order valence-electron chi connectivity index (χ3n) is 6.85. The average molecular weight is 605 g/mol. The molecule has 1 aromatic heterocycles. The third-order valence-corrected chi connectivity index (χ3v) is 7.43. The molecular weight excluding hydrogens is 573 g/mol. The quantitative estimate of drug-likeness (QED) is 0.204. The van der Waals surface area contributed by atoms with Crippen molar-refractivity contribution in [3.05, 3.63) is 123 Å². The van der Waals surface area contributed by atoms with Gasteiger partial charge in [-0.1, -0.05) is 71.7 Å². The highest BCUT2D eigenvalue weighted by atomic mass is 35.5. The second kappa shape index (κ2) is 14.1. The Morgan fingerprint density at radius 3 is 2.07 bits per heavy atom. The van der Waals surface area contributed by atoms with E-state index in [9.17, 15) is 19.5 Å². The molecule has 0 radical (unpaired) electrons. The highest BCUT2D eigenvalue weighted by molar-refractivity contribution is 6.35. The molecule has 0 saturated carbocycles. The molecule has 4 rings (SSSR count). The zero-order valence-electron chi connectivity index (χ0n) is 23.4. The molecular formula is C33H31Cl2N3O4. The minimum Gasteiger partial charge on any atom is -0.481 e. The Labute approximate surface area is 255 Å². The van der Waals surface area contributed by atoms with Crippen molar-refractivity contribution < 1.29 is 19.5 Å². The molecule has 0 aliphatic rings. The summed E-state index contributed by atoms with van der Waals surface area (Å²) in [7, 11) is 1.72. The summed E-state index contributed by atoms with van der Waals surface area (Å²) < 4.78 is 0. The van der Waals surface area contributed by atoms with Gasteiger partial charge >= 0.3 is 5.97 Å². The molecule has 0 unspecified atom stereocenters. The summed E-state index contributed by atoms with van der Waals surface area (Å²) in [5.74, 6) is -1.56. The zero-order chi connectivity index (χ0) is 30.2.